The van der Waals surface area contributed by atoms with Crippen LogP contribution in [-0.4, -0.2) is 16.6 Å². The van der Waals surface area contributed by atoms with Crippen molar-refractivity contribution in [3.63, 3.8) is 0 Å². The summed E-state index contributed by atoms with van der Waals surface area (Å²) in [6, 6.07) is 11.8. The minimum atomic E-state index is -0.189. The lowest BCUT2D eigenvalue weighted by Crippen LogP contribution is -2.21. The molecule has 0 saturated heterocycles. The van der Waals surface area contributed by atoms with E-state index in [1.165, 1.54) is 11.3 Å². The van der Waals surface area contributed by atoms with E-state index >= 15 is 0 Å². The molecule has 128 valence electrons. The van der Waals surface area contributed by atoms with E-state index in [0.717, 1.165) is 33.3 Å². The first kappa shape index (κ1) is 17.1. The first-order valence-corrected chi connectivity index (χ1v) is 8.81. The number of hydrogen-bond acceptors (Lipinski definition) is 5. The van der Waals surface area contributed by atoms with Gasteiger partial charge in [0.1, 0.15) is 16.5 Å². The maximum absolute atomic E-state index is 12.1. The van der Waals surface area contributed by atoms with E-state index in [9.17, 15) is 4.79 Å². The largest absolute Gasteiger partial charge is 0.466 e. The van der Waals surface area contributed by atoms with Crippen molar-refractivity contribution in [2.75, 3.05) is 0 Å². The standard InChI is InChI=1S/C19H19N3O2S/c1-12-9-16(14(3)24-12)13(2)21-22-18(23)10-19-20-17(11-25-19)15-7-5-4-6-8-15/h4-9,11H,10H2,1-3H3,(H,22,23)/b21-13-. The maximum Gasteiger partial charge on any atom is 0.246 e. The Labute approximate surface area is 150 Å². The molecule has 0 aliphatic rings. The number of aryl methyl sites for hydroxylation is 2. The molecule has 1 aromatic carbocycles. The van der Waals surface area contributed by atoms with Gasteiger partial charge >= 0.3 is 0 Å². The average molecular weight is 353 g/mol. The first-order valence-electron chi connectivity index (χ1n) is 7.93. The van der Waals surface area contributed by atoms with Gasteiger partial charge in [0.15, 0.2) is 0 Å². The van der Waals surface area contributed by atoms with Gasteiger partial charge in [0, 0.05) is 16.5 Å². The molecule has 0 fully saturated rings. The second-order valence-electron chi connectivity index (χ2n) is 5.73. The summed E-state index contributed by atoms with van der Waals surface area (Å²) in [5.41, 5.74) is 6.14. The molecule has 2 heterocycles. The highest BCUT2D eigenvalue weighted by Gasteiger charge is 2.11. The normalized spacial score (nSPS) is 11.6. The number of thiazole rings is 1. The third-order valence-electron chi connectivity index (χ3n) is 3.71. The zero-order valence-corrected chi connectivity index (χ0v) is 15.2. The summed E-state index contributed by atoms with van der Waals surface area (Å²) in [5, 5.41) is 6.89. The van der Waals surface area contributed by atoms with Crippen molar-refractivity contribution >= 4 is 23.0 Å². The lowest BCUT2D eigenvalue weighted by molar-refractivity contribution is -0.120. The monoisotopic (exact) mass is 353 g/mol. The number of benzene rings is 1. The molecule has 0 radical (unpaired) electrons. The van der Waals surface area contributed by atoms with Crippen LogP contribution in [0, 0.1) is 13.8 Å². The lowest BCUT2D eigenvalue weighted by Gasteiger charge is -2.00. The fourth-order valence-corrected chi connectivity index (χ4v) is 3.31. The molecule has 2 aromatic heterocycles. The van der Waals surface area contributed by atoms with E-state index in [-0.39, 0.29) is 12.3 Å². The van der Waals surface area contributed by atoms with Gasteiger partial charge in [0.05, 0.1) is 17.8 Å². The summed E-state index contributed by atoms with van der Waals surface area (Å²) >= 11 is 1.47. The van der Waals surface area contributed by atoms with Crippen LogP contribution in [0.3, 0.4) is 0 Å². The first-order chi connectivity index (χ1) is 12.0. The molecule has 0 atom stereocenters. The highest BCUT2D eigenvalue weighted by molar-refractivity contribution is 7.10. The minimum Gasteiger partial charge on any atom is -0.466 e. The fraction of sp³-hybridized carbons (Fsp3) is 0.211. The van der Waals surface area contributed by atoms with Crippen molar-refractivity contribution in [1.82, 2.24) is 10.4 Å². The second kappa shape index (κ2) is 7.44. The molecule has 5 nitrogen and oxygen atoms in total. The zero-order chi connectivity index (χ0) is 17.8. The van der Waals surface area contributed by atoms with Gasteiger partial charge in [-0.2, -0.15) is 5.10 Å². The van der Waals surface area contributed by atoms with Gasteiger partial charge in [-0.1, -0.05) is 30.3 Å². The third kappa shape index (κ3) is 4.22. The van der Waals surface area contributed by atoms with Gasteiger partial charge in [0.2, 0.25) is 5.91 Å². The predicted molar refractivity (Wildman–Crippen MR) is 99.8 cm³/mol. The van der Waals surface area contributed by atoms with Crippen LogP contribution in [0.15, 0.2) is 51.3 Å². The van der Waals surface area contributed by atoms with Crippen LogP contribution in [0.1, 0.15) is 29.0 Å². The van der Waals surface area contributed by atoms with Crippen molar-refractivity contribution in [2.24, 2.45) is 5.10 Å². The second-order valence-corrected chi connectivity index (χ2v) is 6.67. The van der Waals surface area contributed by atoms with Crippen LogP contribution < -0.4 is 5.43 Å². The van der Waals surface area contributed by atoms with Crippen molar-refractivity contribution in [1.29, 1.82) is 0 Å². The van der Waals surface area contributed by atoms with Crippen molar-refractivity contribution in [3.8, 4) is 11.3 Å². The number of nitrogens with one attached hydrogen (secondary N) is 1. The topological polar surface area (TPSA) is 67.5 Å². The highest BCUT2D eigenvalue weighted by atomic mass is 32.1. The van der Waals surface area contributed by atoms with Crippen LogP contribution in [0.4, 0.5) is 0 Å². The molecule has 0 aliphatic heterocycles. The minimum absolute atomic E-state index is 0.189. The average Bonchev–Trinajstić information content (AvgIpc) is 3.19. The van der Waals surface area contributed by atoms with E-state index in [0.29, 0.717) is 5.71 Å². The Morgan fingerprint density at radius 3 is 2.72 bits per heavy atom. The van der Waals surface area contributed by atoms with Gasteiger partial charge in [-0.05, 0) is 26.8 Å². The quantitative estimate of drug-likeness (QED) is 0.554. The number of hydrogen-bond donors (Lipinski definition) is 1. The molecule has 0 saturated carbocycles. The molecule has 0 unspecified atom stereocenters. The summed E-state index contributed by atoms with van der Waals surface area (Å²) in [5.74, 6) is 1.43. The van der Waals surface area contributed by atoms with E-state index in [2.05, 4.69) is 15.5 Å². The number of carbonyl (C=O) groups excluding carboxylic acids is 1. The van der Waals surface area contributed by atoms with Gasteiger partial charge in [-0.15, -0.1) is 11.3 Å². The number of amides is 1. The Morgan fingerprint density at radius 1 is 1.28 bits per heavy atom. The molecule has 0 bridgehead atoms. The Hall–Kier alpha value is -2.73. The SMILES string of the molecule is C/C(=N/NC(=O)Cc1nc(-c2ccccc2)cs1)c1cc(C)oc1C. The number of carbonyl (C=O) groups is 1. The number of rotatable bonds is 5. The summed E-state index contributed by atoms with van der Waals surface area (Å²) in [6.45, 7) is 5.60. The van der Waals surface area contributed by atoms with E-state index < -0.39 is 0 Å². The van der Waals surface area contributed by atoms with Gasteiger partial charge in [-0.25, -0.2) is 10.4 Å². The van der Waals surface area contributed by atoms with Crippen LogP contribution in [0.25, 0.3) is 11.3 Å². The molecule has 6 heteroatoms. The maximum atomic E-state index is 12.1. The third-order valence-corrected chi connectivity index (χ3v) is 4.56. The Balaban J connectivity index is 1.62. The molecule has 0 spiro atoms. The molecule has 0 aliphatic carbocycles. The van der Waals surface area contributed by atoms with Crippen molar-refractivity contribution in [3.05, 3.63) is 63.9 Å². The number of furan rings is 1. The van der Waals surface area contributed by atoms with E-state index in [4.69, 9.17) is 4.42 Å². The number of nitrogens with zero attached hydrogens (tertiary/aromatic N) is 2. The molecule has 1 N–H and O–H groups in total. The zero-order valence-electron chi connectivity index (χ0n) is 14.4. The molecular formula is C19H19N3O2S. The summed E-state index contributed by atoms with van der Waals surface area (Å²) in [7, 11) is 0. The van der Waals surface area contributed by atoms with Crippen molar-refractivity contribution in [2.45, 2.75) is 27.2 Å². The summed E-state index contributed by atoms with van der Waals surface area (Å²) < 4.78 is 5.48. The lowest BCUT2D eigenvalue weighted by atomic mass is 10.2. The molecule has 1 amide bonds. The van der Waals surface area contributed by atoms with Crippen LogP contribution in [-0.2, 0) is 11.2 Å². The Kier molecular flexibility index (Phi) is 5.09. The van der Waals surface area contributed by atoms with Gasteiger partial charge < -0.3 is 4.42 Å². The van der Waals surface area contributed by atoms with Crippen LogP contribution in [0.5, 0.6) is 0 Å². The molecule has 3 rings (SSSR count). The summed E-state index contributed by atoms with van der Waals surface area (Å²) in [4.78, 5) is 16.6. The molecular weight excluding hydrogens is 334 g/mol. The number of hydrazone groups is 1. The van der Waals surface area contributed by atoms with Crippen molar-refractivity contribution < 1.29 is 9.21 Å². The van der Waals surface area contributed by atoms with Crippen LogP contribution >= 0.6 is 11.3 Å². The smallest absolute Gasteiger partial charge is 0.246 e. The molecule has 25 heavy (non-hydrogen) atoms. The van der Waals surface area contributed by atoms with Gasteiger partial charge in [0.25, 0.3) is 0 Å². The Bertz CT molecular complexity index is 910. The van der Waals surface area contributed by atoms with E-state index in [1.807, 2.05) is 62.5 Å². The highest BCUT2D eigenvalue weighted by Crippen LogP contribution is 2.21. The Morgan fingerprint density at radius 2 is 2.04 bits per heavy atom. The predicted octanol–water partition coefficient (Wildman–Crippen LogP) is 4.10. The summed E-state index contributed by atoms with van der Waals surface area (Å²) in [6.07, 6.45) is 0.206. The van der Waals surface area contributed by atoms with Gasteiger partial charge in [-0.3, -0.25) is 4.79 Å². The fourth-order valence-electron chi connectivity index (χ4n) is 2.51. The van der Waals surface area contributed by atoms with E-state index in [1.54, 1.807) is 0 Å². The number of aromatic nitrogens is 1. The van der Waals surface area contributed by atoms with Crippen LogP contribution in [0.2, 0.25) is 0 Å². The molecule has 3 aromatic rings.